The number of anilines is 1. The number of carbonyl (C=O) groups is 1. The number of hydrogen-bond acceptors (Lipinski definition) is 5. The van der Waals surface area contributed by atoms with E-state index < -0.39 is 11.4 Å². The Bertz CT molecular complexity index is 915. The van der Waals surface area contributed by atoms with E-state index in [0.717, 1.165) is 0 Å². The second-order valence-electron chi connectivity index (χ2n) is 6.96. The molecule has 7 nitrogen and oxygen atoms in total. The van der Waals surface area contributed by atoms with Crippen LogP contribution in [-0.4, -0.2) is 27.8 Å². The lowest BCUT2D eigenvalue weighted by molar-refractivity contribution is -0.142. The van der Waals surface area contributed by atoms with E-state index in [0.29, 0.717) is 30.6 Å². The summed E-state index contributed by atoms with van der Waals surface area (Å²) in [6.45, 7) is 4.07. The first-order chi connectivity index (χ1) is 12.7. The van der Waals surface area contributed by atoms with Gasteiger partial charge in [0.05, 0.1) is 15.5 Å². The summed E-state index contributed by atoms with van der Waals surface area (Å²) in [5, 5.41) is 19.0. The van der Waals surface area contributed by atoms with Gasteiger partial charge in [-0.25, -0.2) is 5.10 Å². The second kappa shape index (κ2) is 7.40. The van der Waals surface area contributed by atoms with Crippen LogP contribution in [0.4, 0.5) is 5.69 Å². The number of ether oxygens (including phenoxy) is 1. The monoisotopic (exact) mass is 411 g/mol. The summed E-state index contributed by atoms with van der Waals surface area (Å²) in [5.74, 6) is -0.430. The van der Waals surface area contributed by atoms with Crippen molar-refractivity contribution in [2.75, 3.05) is 11.9 Å². The molecule has 144 valence electrons. The molecule has 27 heavy (non-hydrogen) atoms. The van der Waals surface area contributed by atoms with Gasteiger partial charge >= 0.3 is 5.97 Å². The maximum Gasteiger partial charge on any atom is 0.311 e. The molecule has 2 aromatic rings. The van der Waals surface area contributed by atoms with Crippen LogP contribution in [0.2, 0.25) is 10.0 Å². The van der Waals surface area contributed by atoms with E-state index in [4.69, 9.17) is 27.9 Å². The Balaban J connectivity index is 1.78. The Hall–Kier alpha value is -2.25. The molecule has 1 fully saturated rings. The van der Waals surface area contributed by atoms with Crippen LogP contribution in [0, 0.1) is 5.41 Å². The van der Waals surface area contributed by atoms with Crippen LogP contribution in [0.15, 0.2) is 23.0 Å². The molecular weight excluding hydrogens is 393 g/mol. The predicted molar refractivity (Wildman–Crippen MR) is 103 cm³/mol. The van der Waals surface area contributed by atoms with E-state index in [1.807, 2.05) is 13.8 Å². The summed E-state index contributed by atoms with van der Waals surface area (Å²) in [4.78, 5) is 23.0. The lowest BCUT2D eigenvalue weighted by Gasteiger charge is -2.15. The molecule has 1 aromatic heterocycles. The van der Waals surface area contributed by atoms with E-state index in [-0.39, 0.29) is 33.2 Å². The van der Waals surface area contributed by atoms with E-state index >= 15 is 0 Å². The molecule has 1 aromatic carbocycles. The molecule has 1 heterocycles. The van der Waals surface area contributed by atoms with Crippen LogP contribution >= 0.6 is 23.2 Å². The van der Waals surface area contributed by atoms with Gasteiger partial charge < -0.3 is 15.2 Å². The van der Waals surface area contributed by atoms with Gasteiger partial charge in [-0.15, -0.1) is 5.10 Å². The molecule has 0 saturated heterocycles. The van der Waals surface area contributed by atoms with Crippen molar-refractivity contribution >= 4 is 34.9 Å². The van der Waals surface area contributed by atoms with Crippen LogP contribution < -0.4 is 15.6 Å². The maximum absolute atomic E-state index is 11.8. The molecule has 9 heteroatoms. The average Bonchev–Trinajstić information content (AvgIpc) is 3.39. The fraction of sp³-hybridized carbons (Fsp3) is 0.389. The van der Waals surface area contributed by atoms with E-state index in [1.54, 1.807) is 18.2 Å². The van der Waals surface area contributed by atoms with E-state index in [9.17, 15) is 14.7 Å². The number of carboxylic acids is 1. The molecule has 0 unspecified atom stereocenters. The van der Waals surface area contributed by atoms with Crippen LogP contribution in [0.25, 0.3) is 0 Å². The number of nitrogens with one attached hydrogen (secondary N) is 2. The van der Waals surface area contributed by atoms with Gasteiger partial charge in [0.2, 0.25) is 5.88 Å². The van der Waals surface area contributed by atoms with Crippen LogP contribution in [0.1, 0.15) is 38.2 Å². The zero-order valence-electron chi connectivity index (χ0n) is 14.8. The summed E-state index contributed by atoms with van der Waals surface area (Å²) in [6.07, 6.45) is 1.29. The lowest BCUT2D eigenvalue weighted by Crippen LogP contribution is -2.24. The minimum atomic E-state index is -0.808. The highest BCUT2D eigenvalue weighted by molar-refractivity contribution is 6.37. The van der Waals surface area contributed by atoms with Crippen molar-refractivity contribution in [3.63, 3.8) is 0 Å². The summed E-state index contributed by atoms with van der Waals surface area (Å²) in [7, 11) is 0. The fourth-order valence-corrected chi connectivity index (χ4v) is 3.20. The molecule has 1 saturated carbocycles. The predicted octanol–water partition coefficient (Wildman–Crippen LogP) is 4.27. The molecule has 3 N–H and O–H groups in total. The lowest BCUT2D eigenvalue weighted by atomic mass is 10.1. The average molecular weight is 412 g/mol. The van der Waals surface area contributed by atoms with E-state index in [2.05, 4.69) is 15.5 Å². The first-order valence-corrected chi connectivity index (χ1v) is 9.21. The third kappa shape index (κ3) is 4.20. The third-order valence-corrected chi connectivity index (χ3v) is 5.14. The molecular formula is C18H19Cl2N3O4. The van der Waals surface area contributed by atoms with Crippen LogP contribution in [-0.2, 0) is 4.79 Å². The number of aromatic amines is 1. The minimum absolute atomic E-state index is 0.000556. The smallest absolute Gasteiger partial charge is 0.311 e. The summed E-state index contributed by atoms with van der Waals surface area (Å²) in [5.41, 5.74) is 0.152. The quantitative estimate of drug-likeness (QED) is 0.628. The fourth-order valence-electron chi connectivity index (χ4n) is 2.63. The Morgan fingerprint density at radius 2 is 1.96 bits per heavy atom. The molecule has 1 aliphatic carbocycles. The third-order valence-electron chi connectivity index (χ3n) is 4.57. The Morgan fingerprint density at radius 3 is 2.48 bits per heavy atom. The Labute approximate surface area is 165 Å². The number of nitrogens with zero attached hydrogens (tertiary/aromatic N) is 1. The molecule has 0 aliphatic heterocycles. The maximum atomic E-state index is 11.8. The standard InChI is InChI=1S/C18H19Cl2N3O4/c1-9(2)11-7-14(22-23-16(11)24)27-15-12(19)5-10(6-13(15)20)21-8-18(3-4-18)17(25)26/h5-7,9,21H,3-4,8H2,1-2H3,(H,23,24)(H,25,26). The van der Waals surface area contributed by atoms with Gasteiger partial charge in [0, 0.05) is 23.9 Å². The zero-order chi connectivity index (χ0) is 19.8. The van der Waals surface area contributed by atoms with Gasteiger partial charge in [-0.05, 0) is 30.9 Å². The number of halogens is 2. The number of aromatic nitrogens is 2. The van der Waals surface area contributed by atoms with Gasteiger partial charge in [0.15, 0.2) is 5.75 Å². The SMILES string of the molecule is CC(C)c1cc(Oc2c(Cl)cc(NCC3(C(=O)O)CC3)cc2Cl)n[nH]c1=O. The number of aliphatic carboxylic acids is 1. The number of hydrogen-bond donors (Lipinski definition) is 3. The van der Waals surface area contributed by atoms with Gasteiger partial charge in [0.1, 0.15) is 0 Å². The first-order valence-electron chi connectivity index (χ1n) is 8.45. The van der Waals surface area contributed by atoms with Crippen molar-refractivity contribution in [2.45, 2.75) is 32.6 Å². The molecule has 0 atom stereocenters. The molecule has 0 spiro atoms. The highest BCUT2D eigenvalue weighted by Crippen LogP contribution is 2.46. The van der Waals surface area contributed by atoms with Crippen molar-refractivity contribution < 1.29 is 14.6 Å². The molecule has 1 aliphatic rings. The number of benzene rings is 1. The van der Waals surface area contributed by atoms with Crippen LogP contribution in [0.3, 0.4) is 0 Å². The van der Waals surface area contributed by atoms with Crippen molar-refractivity contribution in [1.82, 2.24) is 10.2 Å². The number of rotatable bonds is 7. The van der Waals surface area contributed by atoms with Gasteiger partial charge in [-0.1, -0.05) is 37.0 Å². The highest BCUT2D eigenvalue weighted by atomic mass is 35.5. The summed E-state index contributed by atoms with van der Waals surface area (Å²) in [6, 6.07) is 4.76. The van der Waals surface area contributed by atoms with Gasteiger partial charge in [0.25, 0.3) is 5.56 Å². The van der Waals surface area contributed by atoms with Crippen LogP contribution in [0.5, 0.6) is 11.6 Å². The number of H-pyrrole nitrogens is 1. The first kappa shape index (κ1) is 19.5. The molecule has 0 bridgehead atoms. The molecule has 3 rings (SSSR count). The van der Waals surface area contributed by atoms with Crippen molar-refractivity contribution in [3.05, 3.63) is 44.2 Å². The Kier molecular flexibility index (Phi) is 5.35. The van der Waals surface area contributed by atoms with Crippen molar-refractivity contribution in [3.8, 4) is 11.6 Å². The summed E-state index contributed by atoms with van der Waals surface area (Å²) >= 11 is 12.6. The normalized spacial score (nSPS) is 14.9. The van der Waals surface area contributed by atoms with Gasteiger partial charge in [-0.3, -0.25) is 9.59 Å². The van der Waals surface area contributed by atoms with E-state index in [1.165, 1.54) is 0 Å². The molecule has 0 amide bonds. The minimum Gasteiger partial charge on any atom is -0.481 e. The Morgan fingerprint density at radius 1 is 1.33 bits per heavy atom. The largest absolute Gasteiger partial charge is 0.481 e. The molecule has 0 radical (unpaired) electrons. The number of carboxylic acid groups (broad SMARTS) is 1. The van der Waals surface area contributed by atoms with Crippen molar-refractivity contribution in [2.24, 2.45) is 5.41 Å². The van der Waals surface area contributed by atoms with Gasteiger partial charge in [-0.2, -0.15) is 0 Å². The second-order valence-corrected chi connectivity index (χ2v) is 7.77. The summed E-state index contributed by atoms with van der Waals surface area (Å²) < 4.78 is 5.67. The topological polar surface area (TPSA) is 104 Å². The zero-order valence-corrected chi connectivity index (χ0v) is 16.3. The van der Waals surface area contributed by atoms with Crippen molar-refractivity contribution in [1.29, 1.82) is 0 Å². The highest BCUT2D eigenvalue weighted by Gasteiger charge is 2.50.